The van der Waals surface area contributed by atoms with E-state index in [0.717, 1.165) is 25.2 Å². The van der Waals surface area contributed by atoms with E-state index in [2.05, 4.69) is 22.0 Å². The Bertz CT molecular complexity index is 624. The van der Waals surface area contributed by atoms with Crippen molar-refractivity contribution in [1.29, 1.82) is 0 Å². The molecule has 0 bridgehead atoms. The number of likely N-dealkylation sites (N-methyl/N-ethyl adjacent to an activating group) is 2. The van der Waals surface area contributed by atoms with E-state index in [1.165, 1.54) is 0 Å². The highest BCUT2D eigenvalue weighted by atomic mass is 16.2. The van der Waals surface area contributed by atoms with Gasteiger partial charge in [-0.25, -0.2) is 9.67 Å². The molecule has 110 valence electrons. The van der Waals surface area contributed by atoms with Crippen LogP contribution in [-0.2, 0) is 0 Å². The lowest BCUT2D eigenvalue weighted by atomic mass is 10.2. The van der Waals surface area contributed by atoms with Crippen LogP contribution in [0.15, 0.2) is 36.7 Å². The van der Waals surface area contributed by atoms with Gasteiger partial charge in [-0.2, -0.15) is 0 Å². The average molecular weight is 285 g/mol. The summed E-state index contributed by atoms with van der Waals surface area (Å²) in [5.74, 6) is 0.126. The van der Waals surface area contributed by atoms with Gasteiger partial charge < -0.3 is 9.80 Å². The molecule has 2 aromatic rings. The Kier molecular flexibility index (Phi) is 3.70. The molecular weight excluding hydrogens is 266 g/mol. The molecule has 0 saturated carbocycles. The summed E-state index contributed by atoms with van der Waals surface area (Å²) in [7, 11) is 3.90. The van der Waals surface area contributed by atoms with Crippen LogP contribution in [0.3, 0.4) is 0 Å². The summed E-state index contributed by atoms with van der Waals surface area (Å²) in [6.45, 7) is 1.93. The number of carbonyl (C=O) groups excluding carboxylic acids is 1. The first kappa shape index (κ1) is 13.8. The van der Waals surface area contributed by atoms with E-state index in [9.17, 15) is 4.79 Å². The molecule has 0 radical (unpaired) electrons. The molecular formula is C15H19N5O. The number of amides is 1. The van der Waals surface area contributed by atoms with Crippen LogP contribution >= 0.6 is 0 Å². The van der Waals surface area contributed by atoms with E-state index in [4.69, 9.17) is 0 Å². The van der Waals surface area contributed by atoms with Crippen molar-refractivity contribution < 1.29 is 4.79 Å². The standard InChI is InChI=1S/C15H19N5O/c1-18-9-8-13(10-18)19(2)15(21)14-16-11-20(17-14)12-6-4-3-5-7-12/h3-7,11,13H,8-10H2,1-2H3. The first-order valence-corrected chi connectivity index (χ1v) is 7.08. The molecule has 1 fully saturated rings. The fourth-order valence-corrected chi connectivity index (χ4v) is 2.62. The van der Waals surface area contributed by atoms with Gasteiger partial charge in [0.25, 0.3) is 5.91 Å². The maximum absolute atomic E-state index is 12.5. The number of nitrogens with zero attached hydrogens (tertiary/aromatic N) is 5. The lowest BCUT2D eigenvalue weighted by Crippen LogP contribution is -2.39. The second-order valence-corrected chi connectivity index (χ2v) is 5.47. The third kappa shape index (κ3) is 2.80. The summed E-state index contributed by atoms with van der Waals surface area (Å²) in [6, 6.07) is 9.90. The summed E-state index contributed by atoms with van der Waals surface area (Å²) >= 11 is 0. The molecule has 1 aliphatic rings. The van der Waals surface area contributed by atoms with E-state index in [0.29, 0.717) is 0 Å². The molecule has 1 unspecified atom stereocenters. The lowest BCUT2D eigenvalue weighted by Gasteiger charge is -2.22. The summed E-state index contributed by atoms with van der Waals surface area (Å²) in [6.07, 6.45) is 2.58. The van der Waals surface area contributed by atoms with E-state index in [1.54, 1.807) is 15.9 Å². The second kappa shape index (κ2) is 5.65. The largest absolute Gasteiger partial charge is 0.335 e. The Morgan fingerprint density at radius 2 is 2.10 bits per heavy atom. The predicted octanol–water partition coefficient (Wildman–Crippen LogP) is 1.04. The van der Waals surface area contributed by atoms with Crippen LogP contribution in [0.2, 0.25) is 0 Å². The smallest absolute Gasteiger partial charge is 0.293 e. The SMILES string of the molecule is CN1CCC(N(C)C(=O)c2ncn(-c3ccccc3)n2)C1. The van der Waals surface area contributed by atoms with Crippen LogP contribution in [0.25, 0.3) is 5.69 Å². The van der Waals surface area contributed by atoms with Gasteiger partial charge in [-0.05, 0) is 32.1 Å². The zero-order chi connectivity index (χ0) is 14.8. The second-order valence-electron chi connectivity index (χ2n) is 5.47. The molecule has 1 aromatic heterocycles. The van der Waals surface area contributed by atoms with Gasteiger partial charge in [-0.1, -0.05) is 18.2 Å². The highest BCUT2D eigenvalue weighted by Crippen LogP contribution is 2.14. The zero-order valence-electron chi connectivity index (χ0n) is 12.3. The summed E-state index contributed by atoms with van der Waals surface area (Å²) in [5, 5.41) is 4.29. The molecule has 1 aliphatic heterocycles. The minimum atomic E-state index is -0.120. The van der Waals surface area contributed by atoms with Gasteiger partial charge in [-0.3, -0.25) is 4.79 Å². The van der Waals surface area contributed by atoms with Gasteiger partial charge in [0.15, 0.2) is 0 Å². The maximum atomic E-state index is 12.5. The minimum Gasteiger partial charge on any atom is -0.335 e. The molecule has 0 aliphatic carbocycles. The quantitative estimate of drug-likeness (QED) is 0.845. The number of hydrogen-bond donors (Lipinski definition) is 0. The van der Waals surface area contributed by atoms with Gasteiger partial charge in [0.05, 0.1) is 5.69 Å². The van der Waals surface area contributed by atoms with Crippen LogP contribution in [-0.4, -0.2) is 63.7 Å². The molecule has 1 atom stereocenters. The van der Waals surface area contributed by atoms with Crippen LogP contribution in [0, 0.1) is 0 Å². The van der Waals surface area contributed by atoms with Gasteiger partial charge in [-0.15, -0.1) is 5.10 Å². The number of para-hydroxylation sites is 1. The topological polar surface area (TPSA) is 54.3 Å². The molecule has 1 saturated heterocycles. The number of likely N-dealkylation sites (tertiary alicyclic amines) is 1. The van der Waals surface area contributed by atoms with Crippen molar-refractivity contribution in [3.63, 3.8) is 0 Å². The highest BCUT2D eigenvalue weighted by molar-refractivity contribution is 5.90. The van der Waals surface area contributed by atoms with Crippen molar-refractivity contribution in [2.75, 3.05) is 27.2 Å². The molecule has 21 heavy (non-hydrogen) atoms. The van der Waals surface area contributed by atoms with Crippen LogP contribution < -0.4 is 0 Å². The van der Waals surface area contributed by atoms with Crippen molar-refractivity contribution in [2.45, 2.75) is 12.5 Å². The first-order chi connectivity index (χ1) is 10.1. The Balaban J connectivity index is 1.75. The highest BCUT2D eigenvalue weighted by Gasteiger charge is 2.28. The Morgan fingerprint density at radius 1 is 1.33 bits per heavy atom. The number of benzene rings is 1. The van der Waals surface area contributed by atoms with E-state index < -0.39 is 0 Å². The molecule has 6 heteroatoms. The summed E-state index contributed by atoms with van der Waals surface area (Å²) in [4.78, 5) is 20.6. The van der Waals surface area contributed by atoms with Crippen LogP contribution in [0.4, 0.5) is 0 Å². The van der Waals surface area contributed by atoms with Crippen LogP contribution in [0.5, 0.6) is 0 Å². The molecule has 3 rings (SSSR count). The Labute approximate surface area is 124 Å². The van der Waals surface area contributed by atoms with Gasteiger partial charge in [0.2, 0.25) is 5.82 Å². The van der Waals surface area contributed by atoms with E-state index >= 15 is 0 Å². The number of aromatic nitrogens is 3. The van der Waals surface area contributed by atoms with Crippen molar-refractivity contribution in [1.82, 2.24) is 24.6 Å². The summed E-state index contributed by atoms with van der Waals surface area (Å²) < 4.78 is 1.63. The fraction of sp³-hybridized carbons (Fsp3) is 0.400. The van der Waals surface area contributed by atoms with E-state index in [1.807, 2.05) is 37.4 Å². The lowest BCUT2D eigenvalue weighted by molar-refractivity contribution is 0.0725. The zero-order valence-corrected chi connectivity index (χ0v) is 12.3. The number of rotatable bonds is 3. The van der Waals surface area contributed by atoms with Gasteiger partial charge in [0.1, 0.15) is 6.33 Å². The molecule has 1 amide bonds. The minimum absolute atomic E-state index is 0.120. The fourth-order valence-electron chi connectivity index (χ4n) is 2.62. The third-order valence-corrected chi connectivity index (χ3v) is 3.94. The molecule has 0 spiro atoms. The third-order valence-electron chi connectivity index (χ3n) is 3.94. The normalized spacial score (nSPS) is 18.9. The molecule has 2 heterocycles. The predicted molar refractivity (Wildman–Crippen MR) is 79.4 cm³/mol. The van der Waals surface area contributed by atoms with Crippen molar-refractivity contribution in [2.24, 2.45) is 0 Å². The summed E-state index contributed by atoms with van der Waals surface area (Å²) in [5.41, 5.74) is 0.896. The van der Waals surface area contributed by atoms with Gasteiger partial charge >= 0.3 is 0 Å². The Hall–Kier alpha value is -2.21. The molecule has 0 N–H and O–H groups in total. The molecule has 1 aromatic carbocycles. The monoisotopic (exact) mass is 285 g/mol. The molecule has 6 nitrogen and oxygen atoms in total. The van der Waals surface area contributed by atoms with Gasteiger partial charge in [0, 0.05) is 19.6 Å². The average Bonchev–Trinajstić information content (AvgIpc) is 3.16. The number of hydrogen-bond acceptors (Lipinski definition) is 4. The van der Waals surface area contributed by atoms with Crippen molar-refractivity contribution in [3.05, 3.63) is 42.5 Å². The van der Waals surface area contributed by atoms with Crippen molar-refractivity contribution >= 4 is 5.91 Å². The van der Waals surface area contributed by atoms with Crippen molar-refractivity contribution in [3.8, 4) is 5.69 Å². The first-order valence-electron chi connectivity index (χ1n) is 7.08. The maximum Gasteiger partial charge on any atom is 0.293 e. The Morgan fingerprint density at radius 3 is 2.76 bits per heavy atom. The van der Waals surface area contributed by atoms with Crippen LogP contribution in [0.1, 0.15) is 17.0 Å². The number of carbonyl (C=O) groups is 1. The van der Waals surface area contributed by atoms with E-state index in [-0.39, 0.29) is 17.8 Å².